The average Bonchev–Trinajstić information content (AvgIpc) is 2.47. The lowest BCUT2D eigenvalue weighted by Crippen LogP contribution is -2.27. The topological polar surface area (TPSA) is 41.1 Å². The van der Waals surface area contributed by atoms with Crippen molar-refractivity contribution in [2.24, 2.45) is 0 Å². The van der Waals surface area contributed by atoms with E-state index in [4.69, 9.17) is 0 Å². The molecule has 0 aliphatic carbocycles. The highest BCUT2D eigenvalue weighted by atomic mass is 19.4. The molecular formula is C15H19F3N2O. The molecule has 1 amide bonds. The summed E-state index contributed by atoms with van der Waals surface area (Å²) in [6.07, 6.45) is -2.86. The molecule has 2 N–H and O–H groups in total. The number of carbonyl (C=O) groups is 1. The van der Waals surface area contributed by atoms with Gasteiger partial charge >= 0.3 is 6.18 Å². The van der Waals surface area contributed by atoms with Gasteiger partial charge < -0.3 is 10.6 Å². The van der Waals surface area contributed by atoms with Crippen LogP contribution in [0.3, 0.4) is 0 Å². The van der Waals surface area contributed by atoms with E-state index in [1.165, 1.54) is 6.07 Å². The van der Waals surface area contributed by atoms with Crippen LogP contribution in [-0.4, -0.2) is 25.5 Å². The number of rotatable bonds is 3. The summed E-state index contributed by atoms with van der Waals surface area (Å²) in [4.78, 5) is 11.9. The molecule has 21 heavy (non-hydrogen) atoms. The molecule has 116 valence electrons. The van der Waals surface area contributed by atoms with Crippen LogP contribution in [0.5, 0.6) is 0 Å². The second kappa shape index (κ2) is 6.47. The summed E-state index contributed by atoms with van der Waals surface area (Å²) in [7, 11) is 0. The summed E-state index contributed by atoms with van der Waals surface area (Å²) in [5, 5.41) is 5.74. The fourth-order valence-electron chi connectivity index (χ4n) is 2.60. The molecule has 0 atom stereocenters. The van der Waals surface area contributed by atoms with E-state index >= 15 is 0 Å². The number of benzene rings is 1. The van der Waals surface area contributed by atoms with Gasteiger partial charge in [0.25, 0.3) is 5.91 Å². The van der Waals surface area contributed by atoms with Crippen LogP contribution in [-0.2, 0) is 6.18 Å². The average molecular weight is 300 g/mol. The fraction of sp³-hybridized carbons (Fsp3) is 0.533. The Morgan fingerprint density at radius 2 is 1.95 bits per heavy atom. The van der Waals surface area contributed by atoms with Crippen molar-refractivity contribution in [3.63, 3.8) is 0 Å². The Labute approximate surface area is 121 Å². The first-order valence-corrected chi connectivity index (χ1v) is 7.13. The Morgan fingerprint density at radius 3 is 2.52 bits per heavy atom. The Morgan fingerprint density at radius 1 is 1.29 bits per heavy atom. The number of halogens is 3. The Hall–Kier alpha value is -1.56. The van der Waals surface area contributed by atoms with Gasteiger partial charge in [0.2, 0.25) is 0 Å². The number of amides is 1. The zero-order valence-electron chi connectivity index (χ0n) is 11.9. The number of alkyl halides is 3. The molecule has 1 saturated heterocycles. The molecule has 1 aromatic carbocycles. The Kier molecular flexibility index (Phi) is 4.88. The Bertz CT molecular complexity index is 508. The van der Waals surface area contributed by atoms with Gasteiger partial charge in [-0.25, -0.2) is 0 Å². The highest BCUT2D eigenvalue weighted by Gasteiger charge is 2.32. The van der Waals surface area contributed by atoms with Crippen LogP contribution < -0.4 is 10.6 Å². The SMILES string of the molecule is CCNC(=O)c1cc(C2CCNCC2)cc(C(F)(F)F)c1. The van der Waals surface area contributed by atoms with Crippen molar-refractivity contribution in [3.8, 4) is 0 Å². The molecule has 2 rings (SSSR count). The molecule has 1 aromatic rings. The van der Waals surface area contributed by atoms with E-state index in [2.05, 4.69) is 10.6 Å². The third-order valence-electron chi connectivity index (χ3n) is 3.69. The smallest absolute Gasteiger partial charge is 0.352 e. The maximum Gasteiger partial charge on any atom is 0.416 e. The van der Waals surface area contributed by atoms with Crippen molar-refractivity contribution >= 4 is 5.91 Å². The molecule has 3 nitrogen and oxygen atoms in total. The van der Waals surface area contributed by atoms with E-state index in [0.29, 0.717) is 12.1 Å². The molecule has 1 fully saturated rings. The molecule has 0 bridgehead atoms. The van der Waals surface area contributed by atoms with Gasteiger partial charge in [-0.3, -0.25) is 4.79 Å². The van der Waals surface area contributed by atoms with Crippen LogP contribution in [0.25, 0.3) is 0 Å². The zero-order chi connectivity index (χ0) is 15.5. The summed E-state index contributed by atoms with van der Waals surface area (Å²) < 4.78 is 39.1. The largest absolute Gasteiger partial charge is 0.416 e. The van der Waals surface area contributed by atoms with Gasteiger partial charge in [-0.05, 0) is 62.5 Å². The quantitative estimate of drug-likeness (QED) is 0.901. The van der Waals surface area contributed by atoms with Crippen molar-refractivity contribution in [2.45, 2.75) is 31.9 Å². The summed E-state index contributed by atoms with van der Waals surface area (Å²) in [5.74, 6) is -0.388. The van der Waals surface area contributed by atoms with Crippen LogP contribution in [0.15, 0.2) is 18.2 Å². The van der Waals surface area contributed by atoms with E-state index < -0.39 is 17.6 Å². The minimum Gasteiger partial charge on any atom is -0.352 e. The first-order valence-electron chi connectivity index (χ1n) is 7.13. The summed E-state index contributed by atoms with van der Waals surface area (Å²) in [5.41, 5.74) is -0.0624. The number of hydrogen-bond acceptors (Lipinski definition) is 2. The van der Waals surface area contributed by atoms with Crippen molar-refractivity contribution in [1.82, 2.24) is 10.6 Å². The normalized spacial score (nSPS) is 16.8. The lowest BCUT2D eigenvalue weighted by molar-refractivity contribution is -0.137. The summed E-state index contributed by atoms with van der Waals surface area (Å²) in [6, 6.07) is 3.70. The van der Waals surface area contributed by atoms with E-state index in [1.54, 1.807) is 13.0 Å². The van der Waals surface area contributed by atoms with E-state index in [1.807, 2.05) is 0 Å². The number of hydrogen-bond donors (Lipinski definition) is 2. The first-order chi connectivity index (χ1) is 9.91. The van der Waals surface area contributed by atoms with Gasteiger partial charge in [0.15, 0.2) is 0 Å². The molecule has 6 heteroatoms. The molecule has 1 heterocycles. The summed E-state index contributed by atoms with van der Waals surface area (Å²) in [6.45, 7) is 3.70. The molecule has 1 aliphatic rings. The lowest BCUT2D eigenvalue weighted by atomic mass is 9.88. The van der Waals surface area contributed by atoms with Gasteiger partial charge in [0.1, 0.15) is 0 Å². The van der Waals surface area contributed by atoms with Gasteiger partial charge in [-0.2, -0.15) is 13.2 Å². The van der Waals surface area contributed by atoms with E-state index in [0.717, 1.165) is 32.0 Å². The molecule has 0 saturated carbocycles. The third kappa shape index (κ3) is 3.97. The van der Waals surface area contributed by atoms with E-state index in [-0.39, 0.29) is 11.5 Å². The van der Waals surface area contributed by atoms with E-state index in [9.17, 15) is 18.0 Å². The number of piperidine rings is 1. The van der Waals surface area contributed by atoms with Crippen LogP contribution in [0.1, 0.15) is 47.2 Å². The van der Waals surface area contributed by atoms with Crippen LogP contribution >= 0.6 is 0 Å². The highest BCUT2D eigenvalue weighted by Crippen LogP contribution is 2.34. The third-order valence-corrected chi connectivity index (χ3v) is 3.69. The van der Waals surface area contributed by atoms with Crippen LogP contribution in [0.4, 0.5) is 13.2 Å². The van der Waals surface area contributed by atoms with Gasteiger partial charge in [-0.15, -0.1) is 0 Å². The monoisotopic (exact) mass is 300 g/mol. The molecule has 0 radical (unpaired) electrons. The van der Waals surface area contributed by atoms with Crippen molar-refractivity contribution < 1.29 is 18.0 Å². The highest BCUT2D eigenvalue weighted by molar-refractivity contribution is 5.94. The molecular weight excluding hydrogens is 281 g/mol. The van der Waals surface area contributed by atoms with Crippen molar-refractivity contribution in [2.75, 3.05) is 19.6 Å². The van der Waals surface area contributed by atoms with Gasteiger partial charge in [0, 0.05) is 12.1 Å². The zero-order valence-corrected chi connectivity index (χ0v) is 11.9. The van der Waals surface area contributed by atoms with Gasteiger partial charge in [0.05, 0.1) is 5.56 Å². The molecule has 0 spiro atoms. The maximum absolute atomic E-state index is 13.0. The molecule has 0 unspecified atom stereocenters. The van der Waals surface area contributed by atoms with Crippen LogP contribution in [0, 0.1) is 0 Å². The number of nitrogens with one attached hydrogen (secondary N) is 2. The minimum absolute atomic E-state index is 0.0710. The lowest BCUT2D eigenvalue weighted by Gasteiger charge is -2.24. The van der Waals surface area contributed by atoms with Gasteiger partial charge in [-0.1, -0.05) is 0 Å². The summed E-state index contributed by atoms with van der Waals surface area (Å²) >= 11 is 0. The predicted octanol–water partition coefficient (Wildman–Crippen LogP) is 2.92. The predicted molar refractivity (Wildman–Crippen MR) is 74.3 cm³/mol. The first kappa shape index (κ1) is 15.8. The Balaban J connectivity index is 2.39. The second-order valence-electron chi connectivity index (χ2n) is 5.23. The maximum atomic E-state index is 13.0. The molecule has 0 aromatic heterocycles. The van der Waals surface area contributed by atoms with Crippen LogP contribution in [0.2, 0.25) is 0 Å². The standard InChI is InChI=1S/C15H19F3N2O/c1-2-20-14(21)12-7-11(10-3-5-19-6-4-10)8-13(9-12)15(16,17)18/h7-10,19H,2-6H2,1H3,(H,20,21). The second-order valence-corrected chi connectivity index (χ2v) is 5.23. The van der Waals surface area contributed by atoms with Crippen molar-refractivity contribution in [1.29, 1.82) is 0 Å². The number of carbonyl (C=O) groups excluding carboxylic acids is 1. The minimum atomic E-state index is -4.44. The fourth-order valence-corrected chi connectivity index (χ4v) is 2.60. The molecule has 1 aliphatic heterocycles. The van der Waals surface area contributed by atoms with Crippen molar-refractivity contribution in [3.05, 3.63) is 34.9 Å².